The normalized spacial score (nSPS) is 12.1. The van der Waals surface area contributed by atoms with Crippen LogP contribution < -0.4 is 21.1 Å². The van der Waals surface area contributed by atoms with Gasteiger partial charge in [-0.3, -0.25) is 14.4 Å². The summed E-state index contributed by atoms with van der Waals surface area (Å²) >= 11 is 1.26. The number of rotatable bonds is 5. The summed E-state index contributed by atoms with van der Waals surface area (Å²) in [4.78, 5) is 37.4. The van der Waals surface area contributed by atoms with E-state index in [0.29, 0.717) is 38.7 Å². The maximum absolute atomic E-state index is 14.3. The molecular formula is C26H18FN3O4S. The Labute approximate surface area is 203 Å². The van der Waals surface area contributed by atoms with Gasteiger partial charge in [-0.1, -0.05) is 12.1 Å². The van der Waals surface area contributed by atoms with Crippen molar-refractivity contribution in [1.29, 1.82) is 0 Å². The van der Waals surface area contributed by atoms with Gasteiger partial charge in [0.05, 0.1) is 16.1 Å². The zero-order valence-corrected chi connectivity index (χ0v) is 18.9. The number of halogens is 1. The molecular weight excluding hydrogens is 469 g/mol. The fraction of sp³-hybridized carbons (Fsp3) is 0.0385. The van der Waals surface area contributed by atoms with Crippen molar-refractivity contribution in [2.45, 2.75) is 6.61 Å². The SMILES string of the molecule is NC(=O)c1ccc2c(c1)C(=O)c1ccc(Nc3ccc(F)c(NC(=O)c4cccs4)c3)cc1OC2. The summed E-state index contributed by atoms with van der Waals surface area (Å²) < 4.78 is 20.2. The van der Waals surface area contributed by atoms with Crippen LogP contribution in [0.2, 0.25) is 0 Å². The molecule has 9 heteroatoms. The topological polar surface area (TPSA) is 111 Å². The quantitative estimate of drug-likeness (QED) is 0.363. The number of anilines is 3. The predicted molar refractivity (Wildman–Crippen MR) is 131 cm³/mol. The molecule has 4 aromatic rings. The van der Waals surface area contributed by atoms with E-state index >= 15 is 0 Å². The summed E-state index contributed by atoms with van der Waals surface area (Å²) in [5, 5.41) is 7.49. The van der Waals surface area contributed by atoms with E-state index in [1.807, 2.05) is 0 Å². The fourth-order valence-electron chi connectivity index (χ4n) is 3.73. The van der Waals surface area contributed by atoms with Gasteiger partial charge in [0.1, 0.15) is 18.2 Å². The van der Waals surface area contributed by atoms with E-state index in [9.17, 15) is 18.8 Å². The number of carbonyl (C=O) groups is 3. The Kier molecular flexibility index (Phi) is 5.76. The summed E-state index contributed by atoms with van der Waals surface area (Å²) in [6.07, 6.45) is 0. The van der Waals surface area contributed by atoms with Crippen molar-refractivity contribution in [1.82, 2.24) is 0 Å². The Morgan fingerprint density at radius 2 is 1.77 bits per heavy atom. The van der Waals surface area contributed by atoms with Crippen LogP contribution in [0.25, 0.3) is 0 Å². The fourth-order valence-corrected chi connectivity index (χ4v) is 4.35. The Morgan fingerprint density at radius 1 is 0.971 bits per heavy atom. The first-order valence-electron chi connectivity index (χ1n) is 10.5. The van der Waals surface area contributed by atoms with Gasteiger partial charge in [0, 0.05) is 34.1 Å². The number of fused-ring (bicyclic) bond motifs is 2. The highest BCUT2D eigenvalue weighted by Crippen LogP contribution is 2.33. The van der Waals surface area contributed by atoms with Crippen LogP contribution in [0.15, 0.2) is 72.1 Å². The zero-order valence-electron chi connectivity index (χ0n) is 18.1. The summed E-state index contributed by atoms with van der Waals surface area (Å²) in [5.41, 5.74) is 8.13. The summed E-state index contributed by atoms with van der Waals surface area (Å²) in [7, 11) is 0. The lowest BCUT2D eigenvalue weighted by atomic mass is 9.96. The first-order valence-corrected chi connectivity index (χ1v) is 11.4. The zero-order chi connectivity index (χ0) is 24.5. The molecule has 35 heavy (non-hydrogen) atoms. The second-order valence-corrected chi connectivity index (χ2v) is 8.76. The molecule has 0 saturated heterocycles. The lowest BCUT2D eigenvalue weighted by Gasteiger charge is -2.13. The monoisotopic (exact) mass is 487 g/mol. The second kappa shape index (κ2) is 9.03. The number of nitrogens with two attached hydrogens (primary N) is 1. The molecule has 1 aliphatic heterocycles. The number of ether oxygens (including phenoxy) is 1. The molecule has 5 rings (SSSR count). The van der Waals surface area contributed by atoms with Crippen molar-refractivity contribution in [3.63, 3.8) is 0 Å². The van der Waals surface area contributed by atoms with Crippen molar-refractivity contribution in [2.75, 3.05) is 10.6 Å². The number of nitrogens with one attached hydrogen (secondary N) is 2. The van der Waals surface area contributed by atoms with Crippen LogP contribution in [-0.2, 0) is 6.61 Å². The molecule has 0 unspecified atom stereocenters. The average Bonchev–Trinajstić information content (AvgIpc) is 3.35. The molecule has 2 amide bonds. The van der Waals surface area contributed by atoms with Crippen molar-refractivity contribution < 1.29 is 23.5 Å². The van der Waals surface area contributed by atoms with Crippen LogP contribution in [-0.4, -0.2) is 17.6 Å². The van der Waals surface area contributed by atoms with E-state index in [4.69, 9.17) is 10.5 Å². The minimum Gasteiger partial charge on any atom is -0.488 e. The van der Waals surface area contributed by atoms with Gasteiger partial charge in [0.15, 0.2) is 5.78 Å². The highest BCUT2D eigenvalue weighted by molar-refractivity contribution is 7.12. The van der Waals surface area contributed by atoms with Crippen LogP contribution in [0.3, 0.4) is 0 Å². The molecule has 174 valence electrons. The maximum Gasteiger partial charge on any atom is 0.265 e. The van der Waals surface area contributed by atoms with Crippen LogP contribution in [0.1, 0.15) is 41.5 Å². The molecule has 0 aliphatic carbocycles. The van der Waals surface area contributed by atoms with Gasteiger partial charge in [-0.05, 0) is 53.9 Å². The van der Waals surface area contributed by atoms with Gasteiger partial charge in [0.2, 0.25) is 5.91 Å². The highest BCUT2D eigenvalue weighted by Gasteiger charge is 2.23. The Hall–Kier alpha value is -4.50. The van der Waals surface area contributed by atoms with E-state index < -0.39 is 17.6 Å². The molecule has 2 heterocycles. The molecule has 0 saturated carbocycles. The van der Waals surface area contributed by atoms with Gasteiger partial charge in [-0.15, -0.1) is 11.3 Å². The number of ketones is 1. The van der Waals surface area contributed by atoms with Gasteiger partial charge in [0.25, 0.3) is 5.91 Å². The summed E-state index contributed by atoms with van der Waals surface area (Å²) in [5.74, 6) is -1.49. The average molecular weight is 488 g/mol. The number of primary amides is 1. The lowest BCUT2D eigenvalue weighted by molar-refractivity contribution is 0.0997. The predicted octanol–water partition coefficient (Wildman–Crippen LogP) is 5.11. The standard InChI is InChI=1S/C26H18FN3O4S/c27-20-8-6-16(11-21(20)30-26(33)23-2-1-9-35-23)29-17-5-7-18-22(12-17)34-13-15-4-3-14(25(28)32)10-19(15)24(18)31/h1-12,29H,13H2,(H2,28,32)(H,30,33). The number of thiophene rings is 1. The summed E-state index contributed by atoms with van der Waals surface area (Å²) in [6, 6.07) is 17.4. The number of hydrogen-bond acceptors (Lipinski definition) is 6. The van der Waals surface area contributed by atoms with Gasteiger partial charge in [-0.25, -0.2) is 4.39 Å². The van der Waals surface area contributed by atoms with E-state index in [-0.39, 0.29) is 23.6 Å². The van der Waals surface area contributed by atoms with E-state index in [2.05, 4.69) is 10.6 Å². The number of hydrogen-bond donors (Lipinski definition) is 3. The lowest BCUT2D eigenvalue weighted by Crippen LogP contribution is -2.13. The number of carbonyl (C=O) groups excluding carboxylic acids is 3. The molecule has 3 aromatic carbocycles. The Balaban J connectivity index is 1.39. The Morgan fingerprint density at radius 3 is 2.54 bits per heavy atom. The first kappa shape index (κ1) is 22.3. The molecule has 0 fully saturated rings. The minimum atomic E-state index is -0.615. The van der Waals surface area contributed by atoms with Gasteiger partial charge in [-0.2, -0.15) is 0 Å². The van der Waals surface area contributed by atoms with E-state index in [1.165, 1.54) is 35.6 Å². The van der Waals surface area contributed by atoms with Crippen molar-refractivity contribution in [3.8, 4) is 5.75 Å². The molecule has 1 aliphatic rings. The molecule has 0 atom stereocenters. The second-order valence-electron chi connectivity index (χ2n) is 7.82. The molecule has 4 N–H and O–H groups in total. The number of benzene rings is 3. The molecule has 0 radical (unpaired) electrons. The van der Waals surface area contributed by atoms with Crippen molar-refractivity contribution in [3.05, 3.63) is 105 Å². The third kappa shape index (κ3) is 4.49. The van der Waals surface area contributed by atoms with Crippen LogP contribution >= 0.6 is 11.3 Å². The van der Waals surface area contributed by atoms with Gasteiger partial charge >= 0.3 is 0 Å². The van der Waals surface area contributed by atoms with Crippen molar-refractivity contribution in [2.24, 2.45) is 5.73 Å². The Bertz CT molecular complexity index is 1480. The first-order chi connectivity index (χ1) is 16.9. The van der Waals surface area contributed by atoms with Crippen molar-refractivity contribution >= 4 is 46.0 Å². The van der Waals surface area contributed by atoms with Crippen LogP contribution in [0.5, 0.6) is 5.75 Å². The van der Waals surface area contributed by atoms with E-state index in [1.54, 1.807) is 47.8 Å². The van der Waals surface area contributed by atoms with Gasteiger partial charge < -0.3 is 21.1 Å². The number of amides is 2. The summed E-state index contributed by atoms with van der Waals surface area (Å²) in [6.45, 7) is 0.145. The minimum absolute atomic E-state index is 0.0373. The molecule has 1 aromatic heterocycles. The van der Waals surface area contributed by atoms with Crippen LogP contribution in [0, 0.1) is 5.82 Å². The van der Waals surface area contributed by atoms with E-state index in [0.717, 1.165) is 0 Å². The smallest absolute Gasteiger partial charge is 0.265 e. The third-order valence-corrected chi connectivity index (χ3v) is 6.37. The third-order valence-electron chi connectivity index (χ3n) is 5.50. The van der Waals surface area contributed by atoms with Crippen LogP contribution in [0.4, 0.5) is 21.5 Å². The molecule has 0 spiro atoms. The highest BCUT2D eigenvalue weighted by atomic mass is 32.1. The molecule has 0 bridgehead atoms. The largest absolute Gasteiger partial charge is 0.488 e. The maximum atomic E-state index is 14.3. The molecule has 7 nitrogen and oxygen atoms in total.